The van der Waals surface area contributed by atoms with Gasteiger partial charge >= 0.3 is 0 Å². The van der Waals surface area contributed by atoms with Crippen LogP contribution in [0.5, 0.6) is 0 Å². The molecule has 2 heterocycles. The van der Waals surface area contributed by atoms with Gasteiger partial charge < -0.3 is 14.2 Å². The molecule has 2 aromatic rings. The van der Waals surface area contributed by atoms with Crippen LogP contribution in [0.4, 0.5) is 0 Å². The number of allylic oxidation sites excluding steroid dienone is 2. The Morgan fingerprint density at radius 2 is 2.12 bits per heavy atom. The molecule has 128 valence electrons. The molecular formula is C21H23N3O. The van der Waals surface area contributed by atoms with Crippen LogP contribution in [0.25, 0.3) is 5.70 Å². The molecule has 1 aromatic carbocycles. The Morgan fingerprint density at radius 1 is 1.24 bits per heavy atom. The topological polar surface area (TPSA) is 30.3 Å². The highest BCUT2D eigenvalue weighted by molar-refractivity contribution is 5.60. The summed E-state index contributed by atoms with van der Waals surface area (Å²) in [5, 5.41) is 0. The summed E-state index contributed by atoms with van der Waals surface area (Å²) in [6, 6.07) is 8.20. The van der Waals surface area contributed by atoms with Crippen molar-refractivity contribution in [1.82, 2.24) is 14.5 Å². The van der Waals surface area contributed by atoms with Crippen molar-refractivity contribution in [3.63, 3.8) is 0 Å². The van der Waals surface area contributed by atoms with Gasteiger partial charge in [-0.15, -0.1) is 0 Å². The zero-order chi connectivity index (χ0) is 17.6. The first kappa shape index (κ1) is 17.1. The zero-order valence-corrected chi connectivity index (χ0v) is 15.0. The molecule has 0 spiro atoms. The number of hydrogen-bond acceptors (Lipinski definition) is 3. The molecule has 0 unspecified atom stereocenters. The van der Waals surface area contributed by atoms with E-state index in [1.807, 2.05) is 25.3 Å². The van der Waals surface area contributed by atoms with Crippen LogP contribution < -0.4 is 0 Å². The Kier molecular flexibility index (Phi) is 5.37. The molecule has 0 atom stereocenters. The molecule has 1 aliphatic rings. The summed E-state index contributed by atoms with van der Waals surface area (Å²) in [4.78, 5) is 6.79. The molecule has 0 amide bonds. The smallest absolute Gasteiger partial charge is 0.132 e. The second kappa shape index (κ2) is 7.87. The predicted molar refractivity (Wildman–Crippen MR) is 101 cm³/mol. The predicted octanol–water partition coefficient (Wildman–Crippen LogP) is 3.22. The third-order valence-corrected chi connectivity index (χ3v) is 4.09. The summed E-state index contributed by atoms with van der Waals surface area (Å²) in [5.74, 6) is 7.29. The highest BCUT2D eigenvalue weighted by Crippen LogP contribution is 2.16. The fraction of sp³-hybridized carbons (Fsp3) is 0.286. The summed E-state index contributed by atoms with van der Waals surface area (Å²) in [7, 11) is 1.73. The summed E-state index contributed by atoms with van der Waals surface area (Å²) >= 11 is 0. The first-order chi connectivity index (χ1) is 12.2. The highest BCUT2D eigenvalue weighted by Gasteiger charge is 2.09. The number of aryl methyl sites for hydroxylation is 2. The number of imidazole rings is 1. The molecule has 0 saturated carbocycles. The van der Waals surface area contributed by atoms with E-state index in [1.165, 1.54) is 5.56 Å². The molecule has 0 bridgehead atoms. The van der Waals surface area contributed by atoms with Crippen molar-refractivity contribution >= 4 is 5.70 Å². The van der Waals surface area contributed by atoms with Crippen LogP contribution in [0, 0.1) is 25.7 Å². The third kappa shape index (κ3) is 4.40. The molecule has 0 fully saturated rings. The first-order valence-electron chi connectivity index (χ1n) is 8.42. The number of benzene rings is 1. The molecular weight excluding hydrogens is 310 g/mol. The van der Waals surface area contributed by atoms with E-state index in [0.717, 1.165) is 42.5 Å². The molecule has 0 aliphatic carbocycles. The minimum Gasteiger partial charge on any atom is -0.383 e. The van der Waals surface area contributed by atoms with Gasteiger partial charge in [-0.2, -0.15) is 0 Å². The van der Waals surface area contributed by atoms with Crippen LogP contribution in [0.3, 0.4) is 0 Å². The van der Waals surface area contributed by atoms with Gasteiger partial charge in [0.05, 0.1) is 6.61 Å². The van der Waals surface area contributed by atoms with Crippen molar-refractivity contribution in [2.75, 3.05) is 26.8 Å². The van der Waals surface area contributed by atoms with E-state index in [0.29, 0.717) is 0 Å². The lowest BCUT2D eigenvalue weighted by Crippen LogP contribution is -2.24. The maximum Gasteiger partial charge on any atom is 0.132 e. The van der Waals surface area contributed by atoms with Crippen LogP contribution in [0.15, 0.2) is 48.8 Å². The quantitative estimate of drug-likeness (QED) is 0.805. The fourth-order valence-corrected chi connectivity index (χ4v) is 2.73. The van der Waals surface area contributed by atoms with Gasteiger partial charge in [0, 0.05) is 43.9 Å². The number of hydrogen-bond donors (Lipinski definition) is 0. The van der Waals surface area contributed by atoms with Crippen molar-refractivity contribution in [3.8, 4) is 11.8 Å². The first-order valence-corrected chi connectivity index (χ1v) is 8.42. The average molecular weight is 333 g/mol. The Hall–Kier alpha value is -2.77. The van der Waals surface area contributed by atoms with Crippen molar-refractivity contribution in [1.29, 1.82) is 0 Å². The number of methoxy groups -OCH3 is 1. The maximum absolute atomic E-state index is 5.12. The van der Waals surface area contributed by atoms with Crippen LogP contribution in [-0.2, 0) is 4.74 Å². The van der Waals surface area contributed by atoms with Gasteiger partial charge in [-0.1, -0.05) is 18.1 Å². The van der Waals surface area contributed by atoms with Crippen molar-refractivity contribution in [2.45, 2.75) is 13.8 Å². The number of aromatic nitrogens is 2. The second-order valence-corrected chi connectivity index (χ2v) is 6.10. The van der Waals surface area contributed by atoms with Crippen LogP contribution in [-0.4, -0.2) is 41.3 Å². The number of rotatable bonds is 4. The minimum atomic E-state index is 0.732. The molecule has 1 aliphatic heterocycles. The second-order valence-electron chi connectivity index (χ2n) is 6.10. The van der Waals surface area contributed by atoms with Crippen molar-refractivity contribution in [2.24, 2.45) is 0 Å². The standard InChI is InChI=1S/C21H23N3O/c1-17-5-4-6-19(15-17)7-8-20-16-24(18(2)22-20)21-9-11-23(12-10-21)13-14-25-3/h4-6,9-11,15-16H,12-14H2,1-3H3. The minimum absolute atomic E-state index is 0.732. The van der Waals surface area contributed by atoms with Crippen LogP contribution in [0.2, 0.25) is 0 Å². The van der Waals surface area contributed by atoms with Gasteiger partial charge in [0.15, 0.2) is 0 Å². The fourth-order valence-electron chi connectivity index (χ4n) is 2.73. The van der Waals surface area contributed by atoms with Gasteiger partial charge in [0.1, 0.15) is 11.5 Å². The van der Waals surface area contributed by atoms with Gasteiger partial charge in [-0.25, -0.2) is 4.98 Å². The average Bonchev–Trinajstić information content (AvgIpc) is 2.99. The Balaban J connectivity index is 1.74. The van der Waals surface area contributed by atoms with E-state index < -0.39 is 0 Å². The van der Waals surface area contributed by atoms with Gasteiger partial charge in [0.2, 0.25) is 0 Å². The molecule has 0 radical (unpaired) electrons. The van der Waals surface area contributed by atoms with Crippen LogP contribution >= 0.6 is 0 Å². The third-order valence-electron chi connectivity index (χ3n) is 4.09. The maximum atomic E-state index is 5.12. The Morgan fingerprint density at radius 3 is 2.84 bits per heavy atom. The molecule has 3 rings (SSSR count). The zero-order valence-electron chi connectivity index (χ0n) is 15.0. The van der Waals surface area contributed by atoms with E-state index in [-0.39, 0.29) is 0 Å². The summed E-state index contributed by atoms with van der Waals surface area (Å²) in [6.07, 6.45) is 8.40. The molecule has 4 nitrogen and oxygen atoms in total. The molecule has 0 N–H and O–H groups in total. The SMILES string of the molecule is COCCN1C=CC(n2cc(C#Cc3cccc(C)c3)nc2C)=CC1. The molecule has 0 saturated heterocycles. The molecule has 4 heteroatoms. The lowest BCUT2D eigenvalue weighted by atomic mass is 10.1. The van der Waals surface area contributed by atoms with E-state index in [9.17, 15) is 0 Å². The lowest BCUT2D eigenvalue weighted by molar-refractivity contribution is 0.173. The van der Waals surface area contributed by atoms with E-state index in [2.05, 4.69) is 63.7 Å². The van der Waals surface area contributed by atoms with Crippen molar-refractivity contribution < 1.29 is 4.74 Å². The molecule has 25 heavy (non-hydrogen) atoms. The normalized spacial score (nSPS) is 13.4. The highest BCUT2D eigenvalue weighted by atomic mass is 16.5. The summed E-state index contributed by atoms with van der Waals surface area (Å²) in [6.45, 7) is 6.58. The summed E-state index contributed by atoms with van der Waals surface area (Å²) < 4.78 is 7.21. The van der Waals surface area contributed by atoms with Gasteiger partial charge in [0.25, 0.3) is 0 Å². The largest absolute Gasteiger partial charge is 0.383 e. The van der Waals surface area contributed by atoms with E-state index >= 15 is 0 Å². The lowest BCUT2D eigenvalue weighted by Gasteiger charge is -2.22. The number of ether oxygens (including phenoxy) is 1. The monoisotopic (exact) mass is 333 g/mol. The molecule has 1 aromatic heterocycles. The van der Waals surface area contributed by atoms with Gasteiger partial charge in [-0.05, 0) is 49.6 Å². The Labute approximate surface area is 149 Å². The van der Waals surface area contributed by atoms with Gasteiger partial charge in [-0.3, -0.25) is 0 Å². The Bertz CT molecular complexity index is 865. The van der Waals surface area contributed by atoms with E-state index in [4.69, 9.17) is 4.74 Å². The van der Waals surface area contributed by atoms with Crippen molar-refractivity contribution in [3.05, 3.63) is 71.5 Å². The number of nitrogens with zero attached hydrogens (tertiary/aromatic N) is 3. The van der Waals surface area contributed by atoms with Crippen LogP contribution in [0.1, 0.15) is 22.6 Å². The van der Waals surface area contributed by atoms with E-state index in [1.54, 1.807) is 7.11 Å². The summed E-state index contributed by atoms with van der Waals surface area (Å²) in [5.41, 5.74) is 4.14.